The zero-order chi connectivity index (χ0) is 19.6. The number of amides is 1. The molecule has 5 nitrogen and oxygen atoms in total. The second-order valence-corrected chi connectivity index (χ2v) is 5.89. The van der Waals surface area contributed by atoms with Gasteiger partial charge in [-0.15, -0.1) is 12.4 Å². The van der Waals surface area contributed by atoms with E-state index in [9.17, 15) is 22.8 Å². The van der Waals surface area contributed by atoms with Gasteiger partial charge in [0, 0.05) is 24.3 Å². The van der Waals surface area contributed by atoms with Crippen molar-refractivity contribution in [3.8, 4) is 0 Å². The van der Waals surface area contributed by atoms with Crippen molar-refractivity contribution in [2.75, 3.05) is 0 Å². The Morgan fingerprint density at radius 2 is 1.96 bits per heavy atom. The molecule has 2 aromatic heterocycles. The van der Waals surface area contributed by atoms with Gasteiger partial charge in [0.1, 0.15) is 5.56 Å². The second-order valence-electron chi connectivity index (χ2n) is 5.89. The van der Waals surface area contributed by atoms with Crippen LogP contribution >= 0.6 is 12.4 Å². The minimum Gasteiger partial charge on any atom is -0.347 e. The molecule has 0 aliphatic rings. The van der Waals surface area contributed by atoms with E-state index in [0.717, 1.165) is 12.1 Å². The molecular weight excluding hydrogens is 395 g/mol. The predicted octanol–water partition coefficient (Wildman–Crippen LogP) is 3.79. The summed E-state index contributed by atoms with van der Waals surface area (Å²) in [5.41, 5.74) is -0.932. The summed E-state index contributed by atoms with van der Waals surface area (Å²) in [5, 5.41) is 2.44. The van der Waals surface area contributed by atoms with E-state index >= 15 is 0 Å². The number of hydrogen-bond donors (Lipinski definition) is 1. The number of aryl methyl sites for hydroxylation is 1. The van der Waals surface area contributed by atoms with Crippen LogP contribution in [0, 0.1) is 0 Å². The number of aromatic nitrogens is 2. The number of carbonyl (C=O) groups is 1. The summed E-state index contributed by atoms with van der Waals surface area (Å²) in [6.07, 6.45) is -1.64. The highest BCUT2D eigenvalue weighted by molar-refractivity contribution is 5.97. The number of fused-ring (bicyclic) bond motifs is 1. The fourth-order valence-corrected chi connectivity index (χ4v) is 2.77. The topological polar surface area (TPSA) is 64.0 Å². The van der Waals surface area contributed by atoms with Crippen LogP contribution in [0.2, 0.25) is 0 Å². The molecule has 1 aromatic carbocycles. The van der Waals surface area contributed by atoms with Crippen LogP contribution in [0.5, 0.6) is 0 Å². The largest absolute Gasteiger partial charge is 0.416 e. The average molecular weight is 412 g/mol. The summed E-state index contributed by atoms with van der Waals surface area (Å²) in [7, 11) is 0. The number of hydrogen-bond acceptors (Lipinski definition) is 3. The van der Waals surface area contributed by atoms with Crippen molar-refractivity contribution in [2.24, 2.45) is 0 Å². The summed E-state index contributed by atoms with van der Waals surface area (Å²) in [6.45, 7) is 2.27. The maximum absolute atomic E-state index is 13.0. The maximum Gasteiger partial charge on any atom is 0.416 e. The minimum absolute atomic E-state index is 0. The lowest BCUT2D eigenvalue weighted by Crippen LogP contribution is -2.30. The number of rotatable bonds is 4. The van der Waals surface area contributed by atoms with Gasteiger partial charge in [0.25, 0.3) is 5.91 Å². The molecule has 2 heterocycles. The van der Waals surface area contributed by atoms with Gasteiger partial charge in [-0.2, -0.15) is 13.2 Å². The lowest BCUT2D eigenvalue weighted by atomic mass is 10.1. The van der Waals surface area contributed by atoms with Crippen LogP contribution in [-0.2, 0) is 19.3 Å². The lowest BCUT2D eigenvalue weighted by molar-refractivity contribution is -0.137. The van der Waals surface area contributed by atoms with E-state index in [0.29, 0.717) is 17.8 Å². The Morgan fingerprint density at radius 1 is 1.21 bits per heavy atom. The number of nitrogens with zero attached hydrogens (tertiary/aromatic N) is 2. The third-order valence-electron chi connectivity index (χ3n) is 4.15. The van der Waals surface area contributed by atoms with Gasteiger partial charge in [0.2, 0.25) is 5.43 Å². The molecule has 0 spiro atoms. The quantitative estimate of drug-likeness (QED) is 0.710. The molecular formula is C19H17ClF3N3O2. The third kappa shape index (κ3) is 4.33. The van der Waals surface area contributed by atoms with Crippen LogP contribution in [-0.4, -0.2) is 15.5 Å². The number of carbonyl (C=O) groups excluding carboxylic acids is 1. The Bertz CT molecular complexity index is 1050. The summed E-state index contributed by atoms with van der Waals surface area (Å²) < 4.78 is 40.6. The van der Waals surface area contributed by atoms with Crippen LogP contribution in [0.4, 0.5) is 13.2 Å². The maximum atomic E-state index is 13.0. The molecule has 0 radical (unpaired) electrons. The molecule has 3 rings (SSSR count). The Hall–Kier alpha value is -2.87. The standard InChI is InChI=1S/C19H16F3N3O2.ClH/c1-2-25-11-15(18(27)24-10-13-5-3-4-8-23-13)17(26)14-9-12(19(20,21)22)6-7-16(14)25;/h3-9,11H,2,10H2,1H3,(H,24,27);1H. The van der Waals surface area contributed by atoms with Gasteiger partial charge in [-0.1, -0.05) is 6.07 Å². The Labute approximate surface area is 164 Å². The molecule has 0 saturated heterocycles. The van der Waals surface area contributed by atoms with Crippen LogP contribution in [0.15, 0.2) is 53.6 Å². The first-order valence-electron chi connectivity index (χ1n) is 8.23. The average Bonchev–Trinajstić information content (AvgIpc) is 2.66. The van der Waals surface area contributed by atoms with Crippen molar-refractivity contribution in [3.05, 3.63) is 75.8 Å². The monoisotopic (exact) mass is 411 g/mol. The highest BCUT2D eigenvalue weighted by Crippen LogP contribution is 2.30. The van der Waals surface area contributed by atoms with Gasteiger partial charge < -0.3 is 9.88 Å². The van der Waals surface area contributed by atoms with E-state index in [2.05, 4.69) is 10.3 Å². The molecule has 0 fully saturated rings. The molecule has 0 aliphatic carbocycles. The van der Waals surface area contributed by atoms with Crippen molar-refractivity contribution in [3.63, 3.8) is 0 Å². The summed E-state index contributed by atoms with van der Waals surface area (Å²) in [5.74, 6) is -0.660. The van der Waals surface area contributed by atoms with Crippen LogP contribution < -0.4 is 10.7 Å². The van der Waals surface area contributed by atoms with Crippen molar-refractivity contribution in [2.45, 2.75) is 26.2 Å². The van der Waals surface area contributed by atoms with Gasteiger partial charge in [-0.05, 0) is 37.3 Å². The molecule has 0 bridgehead atoms. The lowest BCUT2D eigenvalue weighted by Gasteiger charge is -2.14. The number of nitrogens with one attached hydrogen (secondary N) is 1. The van der Waals surface area contributed by atoms with Crippen molar-refractivity contribution >= 4 is 29.2 Å². The van der Waals surface area contributed by atoms with Gasteiger partial charge in [0.05, 0.1) is 23.3 Å². The van der Waals surface area contributed by atoms with Crippen LogP contribution in [0.25, 0.3) is 10.9 Å². The molecule has 1 N–H and O–H groups in total. The number of pyridine rings is 2. The van der Waals surface area contributed by atoms with Gasteiger partial charge in [-0.3, -0.25) is 14.6 Å². The van der Waals surface area contributed by atoms with Crippen LogP contribution in [0.1, 0.15) is 28.5 Å². The molecule has 9 heteroatoms. The fraction of sp³-hybridized carbons (Fsp3) is 0.211. The van der Waals surface area contributed by atoms with Crippen LogP contribution in [0.3, 0.4) is 0 Å². The SMILES string of the molecule is CCn1cc(C(=O)NCc2ccccn2)c(=O)c2cc(C(F)(F)F)ccc21.Cl. The Balaban J connectivity index is 0.00000280. The van der Waals surface area contributed by atoms with Gasteiger partial charge in [-0.25, -0.2) is 0 Å². The molecule has 3 aromatic rings. The summed E-state index contributed by atoms with van der Waals surface area (Å²) in [4.78, 5) is 29.2. The van der Waals surface area contributed by atoms with E-state index in [4.69, 9.17) is 0 Å². The minimum atomic E-state index is -4.57. The molecule has 0 atom stereocenters. The van der Waals surface area contributed by atoms with E-state index in [1.54, 1.807) is 35.9 Å². The molecule has 1 amide bonds. The predicted molar refractivity (Wildman–Crippen MR) is 102 cm³/mol. The highest BCUT2D eigenvalue weighted by Gasteiger charge is 2.31. The normalized spacial score (nSPS) is 11.1. The number of benzene rings is 1. The molecule has 28 heavy (non-hydrogen) atoms. The second kappa shape index (κ2) is 8.43. The van der Waals surface area contributed by atoms with Crippen molar-refractivity contribution in [1.29, 1.82) is 0 Å². The molecule has 148 valence electrons. The molecule has 0 aliphatic heterocycles. The van der Waals surface area contributed by atoms with E-state index < -0.39 is 23.1 Å². The first-order chi connectivity index (χ1) is 12.8. The first kappa shape index (κ1) is 21.4. The summed E-state index contributed by atoms with van der Waals surface area (Å²) in [6, 6.07) is 8.16. The Kier molecular flexibility index (Phi) is 6.45. The molecule has 0 unspecified atom stereocenters. The van der Waals surface area contributed by atoms with Gasteiger partial charge in [0.15, 0.2) is 0 Å². The number of alkyl halides is 3. The van der Waals surface area contributed by atoms with Crippen molar-refractivity contribution < 1.29 is 18.0 Å². The first-order valence-corrected chi connectivity index (χ1v) is 8.23. The Morgan fingerprint density at radius 3 is 2.57 bits per heavy atom. The smallest absolute Gasteiger partial charge is 0.347 e. The van der Waals surface area contributed by atoms with Gasteiger partial charge >= 0.3 is 6.18 Å². The van der Waals surface area contributed by atoms with Crippen molar-refractivity contribution in [1.82, 2.24) is 14.9 Å². The highest BCUT2D eigenvalue weighted by atomic mass is 35.5. The number of halogens is 4. The zero-order valence-corrected chi connectivity index (χ0v) is 15.6. The van der Waals surface area contributed by atoms with E-state index in [-0.39, 0.29) is 29.9 Å². The van der Waals surface area contributed by atoms with E-state index in [1.165, 1.54) is 12.3 Å². The fourth-order valence-electron chi connectivity index (χ4n) is 2.77. The summed E-state index contributed by atoms with van der Waals surface area (Å²) >= 11 is 0. The zero-order valence-electron chi connectivity index (χ0n) is 14.8. The third-order valence-corrected chi connectivity index (χ3v) is 4.15. The molecule has 0 saturated carbocycles. The van der Waals surface area contributed by atoms with E-state index in [1.807, 2.05) is 0 Å².